The van der Waals surface area contributed by atoms with Crippen LogP contribution in [0.25, 0.3) is 0 Å². The molecule has 9 unspecified atom stereocenters. The van der Waals surface area contributed by atoms with E-state index in [1.165, 1.54) is 13.8 Å². The lowest BCUT2D eigenvalue weighted by atomic mass is 9.55. The van der Waals surface area contributed by atoms with Crippen molar-refractivity contribution in [2.75, 3.05) is 0 Å². The van der Waals surface area contributed by atoms with Gasteiger partial charge in [0.25, 0.3) is 0 Å². The standard InChI is InChI=1S/C31H46O10/c1-8-10-11-12-25(34)39-22-14-13-17(3)15-23-31(37,19(5)29(36)40-23)27(35)26-18(4)16-21(38-20(6)32)28(30(22,26)7)41-24(33)9-2/h15-16,19,21-23,26-28,35,37H,8-14H2,1-7H3/b17-15-. The molecule has 0 aromatic heterocycles. The Kier molecular flexibility index (Phi) is 10.5. The number of fused-ring (bicyclic) bond motifs is 2. The molecule has 2 N–H and O–H groups in total. The summed E-state index contributed by atoms with van der Waals surface area (Å²) in [6, 6.07) is 0. The minimum Gasteiger partial charge on any atom is -0.462 e. The number of hydrogen-bond acceptors (Lipinski definition) is 10. The molecule has 0 bridgehead atoms. The van der Waals surface area contributed by atoms with Gasteiger partial charge in [-0.2, -0.15) is 0 Å². The highest BCUT2D eigenvalue weighted by Crippen LogP contribution is 2.54. The number of rotatable bonds is 8. The molecular weight excluding hydrogens is 532 g/mol. The van der Waals surface area contributed by atoms with E-state index in [0.29, 0.717) is 18.4 Å². The zero-order valence-electron chi connectivity index (χ0n) is 25.3. The maximum atomic E-state index is 13.2. The van der Waals surface area contributed by atoms with Crippen molar-refractivity contribution in [3.63, 3.8) is 0 Å². The Balaban J connectivity index is 2.27. The molecular formula is C31H46O10. The van der Waals surface area contributed by atoms with Crippen molar-refractivity contribution >= 4 is 23.9 Å². The van der Waals surface area contributed by atoms with Crippen LogP contribution in [0.3, 0.4) is 0 Å². The van der Waals surface area contributed by atoms with Crippen LogP contribution in [0, 0.1) is 17.3 Å². The third-order valence-corrected chi connectivity index (χ3v) is 9.07. The number of carbonyl (C=O) groups excluding carboxylic acids is 4. The third-order valence-electron chi connectivity index (χ3n) is 9.07. The smallest absolute Gasteiger partial charge is 0.312 e. The van der Waals surface area contributed by atoms with E-state index < -0.39 is 77.2 Å². The molecule has 0 spiro atoms. The molecule has 0 saturated carbocycles. The summed E-state index contributed by atoms with van der Waals surface area (Å²) in [5.74, 6) is -4.31. The van der Waals surface area contributed by atoms with Crippen LogP contribution in [0.1, 0.15) is 93.4 Å². The van der Waals surface area contributed by atoms with Gasteiger partial charge in [0.1, 0.15) is 11.7 Å². The first-order valence-electron chi connectivity index (χ1n) is 14.7. The number of aliphatic hydroxyl groups excluding tert-OH is 1. The van der Waals surface area contributed by atoms with Crippen LogP contribution in [0.5, 0.6) is 0 Å². The van der Waals surface area contributed by atoms with Crippen molar-refractivity contribution in [1.82, 2.24) is 0 Å². The van der Waals surface area contributed by atoms with Crippen LogP contribution < -0.4 is 0 Å². The molecule has 1 saturated heterocycles. The Morgan fingerprint density at radius 1 is 1.07 bits per heavy atom. The number of carbonyl (C=O) groups is 4. The summed E-state index contributed by atoms with van der Waals surface area (Å²) < 4.78 is 23.3. The topological polar surface area (TPSA) is 146 Å². The molecule has 0 radical (unpaired) electrons. The van der Waals surface area contributed by atoms with Gasteiger partial charge < -0.3 is 29.2 Å². The Labute approximate surface area is 242 Å². The van der Waals surface area contributed by atoms with E-state index in [-0.39, 0.29) is 19.3 Å². The fraction of sp³-hybridized carbons (Fsp3) is 0.742. The van der Waals surface area contributed by atoms with Crippen molar-refractivity contribution in [2.24, 2.45) is 17.3 Å². The number of allylic oxidation sites excluding steroid dienone is 1. The molecule has 0 aromatic carbocycles. The molecule has 41 heavy (non-hydrogen) atoms. The van der Waals surface area contributed by atoms with Crippen LogP contribution in [0.4, 0.5) is 0 Å². The number of ether oxygens (including phenoxy) is 4. The maximum Gasteiger partial charge on any atom is 0.312 e. The van der Waals surface area contributed by atoms with Gasteiger partial charge in [0, 0.05) is 25.7 Å². The molecule has 1 heterocycles. The fourth-order valence-corrected chi connectivity index (χ4v) is 6.70. The predicted octanol–water partition coefficient (Wildman–Crippen LogP) is 3.71. The van der Waals surface area contributed by atoms with E-state index in [0.717, 1.165) is 18.4 Å². The number of unbranched alkanes of at least 4 members (excludes halogenated alkanes) is 2. The zero-order chi connectivity index (χ0) is 30.7. The lowest BCUT2D eigenvalue weighted by Gasteiger charge is -2.55. The van der Waals surface area contributed by atoms with E-state index in [4.69, 9.17) is 18.9 Å². The highest BCUT2D eigenvalue weighted by Gasteiger charge is 2.66. The van der Waals surface area contributed by atoms with Crippen molar-refractivity contribution < 1.29 is 48.3 Å². The Morgan fingerprint density at radius 2 is 1.76 bits per heavy atom. The van der Waals surface area contributed by atoms with Gasteiger partial charge in [0.05, 0.1) is 17.4 Å². The normalized spacial score (nSPS) is 38.3. The zero-order valence-corrected chi connectivity index (χ0v) is 25.3. The van der Waals surface area contributed by atoms with Gasteiger partial charge in [-0.05, 0) is 52.2 Å². The second-order valence-electron chi connectivity index (χ2n) is 12.0. The summed E-state index contributed by atoms with van der Waals surface area (Å²) in [5, 5.41) is 24.2. The molecule has 10 nitrogen and oxygen atoms in total. The van der Waals surface area contributed by atoms with Crippen LogP contribution >= 0.6 is 0 Å². The van der Waals surface area contributed by atoms with Crippen LogP contribution in [-0.2, 0) is 38.1 Å². The first kappa shape index (κ1) is 32.8. The first-order chi connectivity index (χ1) is 19.2. The largest absolute Gasteiger partial charge is 0.462 e. The highest BCUT2D eigenvalue weighted by molar-refractivity contribution is 5.77. The quantitative estimate of drug-likeness (QED) is 0.189. The van der Waals surface area contributed by atoms with Crippen molar-refractivity contribution in [3.05, 3.63) is 23.3 Å². The third kappa shape index (κ3) is 6.38. The van der Waals surface area contributed by atoms with E-state index in [1.54, 1.807) is 32.9 Å². The number of hydrogen-bond donors (Lipinski definition) is 2. The van der Waals surface area contributed by atoms with E-state index in [1.807, 2.05) is 13.8 Å². The van der Waals surface area contributed by atoms with E-state index >= 15 is 0 Å². The SMILES string of the molecule is CCCCCC(=O)OC1CC/C(C)=C\C2OC(=O)C(C)C2(O)C(O)C2C(C)=CC(OC(C)=O)C(OC(=O)CC)C12C. The second kappa shape index (κ2) is 13.1. The molecule has 10 heteroatoms. The first-order valence-corrected chi connectivity index (χ1v) is 14.7. The Bertz CT molecular complexity index is 1080. The molecule has 0 aromatic rings. The molecule has 2 aliphatic carbocycles. The molecule has 1 aliphatic heterocycles. The summed E-state index contributed by atoms with van der Waals surface area (Å²) in [6.07, 6.45) is 0.723. The van der Waals surface area contributed by atoms with Gasteiger partial charge in [-0.3, -0.25) is 19.2 Å². The van der Waals surface area contributed by atoms with Crippen molar-refractivity contribution in [3.8, 4) is 0 Å². The average Bonchev–Trinajstić information content (AvgIpc) is 3.11. The molecule has 3 rings (SSSR count). The minimum atomic E-state index is -2.04. The second-order valence-corrected chi connectivity index (χ2v) is 12.0. The van der Waals surface area contributed by atoms with E-state index in [2.05, 4.69) is 0 Å². The number of aliphatic hydroxyl groups is 2. The van der Waals surface area contributed by atoms with Crippen LogP contribution in [0.15, 0.2) is 23.3 Å². The molecule has 1 fully saturated rings. The monoisotopic (exact) mass is 578 g/mol. The Hall–Kier alpha value is -2.72. The lowest BCUT2D eigenvalue weighted by molar-refractivity contribution is -0.221. The van der Waals surface area contributed by atoms with Crippen LogP contribution in [0.2, 0.25) is 0 Å². The van der Waals surface area contributed by atoms with Crippen molar-refractivity contribution in [2.45, 2.75) is 130 Å². The fourth-order valence-electron chi connectivity index (χ4n) is 6.70. The molecule has 9 atom stereocenters. The minimum absolute atomic E-state index is 0.0317. The van der Waals surface area contributed by atoms with Gasteiger partial charge in [-0.15, -0.1) is 0 Å². The Morgan fingerprint density at radius 3 is 2.37 bits per heavy atom. The number of esters is 4. The van der Waals surface area contributed by atoms with E-state index in [9.17, 15) is 29.4 Å². The van der Waals surface area contributed by atoms with Crippen molar-refractivity contribution in [1.29, 1.82) is 0 Å². The highest BCUT2D eigenvalue weighted by atomic mass is 16.6. The average molecular weight is 579 g/mol. The molecule has 230 valence electrons. The lowest BCUT2D eigenvalue weighted by Crippen LogP contribution is -2.66. The maximum absolute atomic E-state index is 13.2. The summed E-state index contributed by atoms with van der Waals surface area (Å²) >= 11 is 0. The summed E-state index contributed by atoms with van der Waals surface area (Å²) in [6.45, 7) is 11.7. The van der Waals surface area contributed by atoms with Gasteiger partial charge in [0.15, 0.2) is 18.3 Å². The van der Waals surface area contributed by atoms with Gasteiger partial charge in [0.2, 0.25) is 0 Å². The van der Waals surface area contributed by atoms with Gasteiger partial charge >= 0.3 is 23.9 Å². The summed E-state index contributed by atoms with van der Waals surface area (Å²) in [7, 11) is 0. The predicted molar refractivity (Wildman–Crippen MR) is 148 cm³/mol. The van der Waals surface area contributed by atoms with Crippen LogP contribution in [-0.4, -0.2) is 70.2 Å². The molecule has 0 amide bonds. The summed E-state index contributed by atoms with van der Waals surface area (Å²) in [4.78, 5) is 50.9. The van der Waals surface area contributed by atoms with Gasteiger partial charge in [-0.1, -0.05) is 44.8 Å². The van der Waals surface area contributed by atoms with Gasteiger partial charge in [-0.25, -0.2) is 0 Å². The molecule has 3 aliphatic rings. The summed E-state index contributed by atoms with van der Waals surface area (Å²) in [5.41, 5.74) is -2.13.